The molecule has 1 unspecified atom stereocenters. The van der Waals surface area contributed by atoms with E-state index in [9.17, 15) is 8.42 Å². The van der Waals surface area contributed by atoms with Crippen molar-refractivity contribution in [3.63, 3.8) is 0 Å². The van der Waals surface area contributed by atoms with Gasteiger partial charge in [-0.25, -0.2) is 8.42 Å². The van der Waals surface area contributed by atoms with Crippen molar-refractivity contribution in [2.75, 3.05) is 19.6 Å². The highest BCUT2D eigenvalue weighted by Crippen LogP contribution is 2.29. The fourth-order valence-electron chi connectivity index (χ4n) is 2.93. The molecule has 2 N–H and O–H groups in total. The molecule has 2 aliphatic heterocycles. The lowest BCUT2D eigenvalue weighted by Gasteiger charge is -2.16. The second-order valence-electron chi connectivity index (χ2n) is 5.16. The molecule has 20 heavy (non-hydrogen) atoms. The molecule has 104 valence electrons. The number of furan rings is 1. The van der Waals surface area contributed by atoms with Gasteiger partial charge in [-0.2, -0.15) is 0 Å². The highest BCUT2D eigenvalue weighted by atomic mass is 32.2. The van der Waals surface area contributed by atoms with Crippen LogP contribution >= 0.6 is 0 Å². The number of hydrogen-bond donors (Lipinski definition) is 2. The molecule has 0 saturated carbocycles. The maximum atomic E-state index is 12.8. The minimum absolute atomic E-state index is 0.338. The predicted molar refractivity (Wildman–Crippen MR) is 75.1 cm³/mol. The minimum Gasteiger partial charge on any atom is -0.464 e. The lowest BCUT2D eigenvalue weighted by molar-refractivity contribution is 0.574. The maximum absolute atomic E-state index is 12.8. The van der Waals surface area contributed by atoms with E-state index in [1.165, 1.54) is 5.57 Å². The molecule has 2 aromatic rings. The van der Waals surface area contributed by atoms with Gasteiger partial charge < -0.3 is 9.73 Å². The Labute approximate surface area is 116 Å². The van der Waals surface area contributed by atoms with E-state index >= 15 is 0 Å². The third-order valence-corrected chi connectivity index (χ3v) is 5.97. The third-order valence-electron chi connectivity index (χ3n) is 3.99. The average molecular weight is 290 g/mol. The molecule has 6 heteroatoms. The number of hydrogen-bond acceptors (Lipinski definition) is 5. The van der Waals surface area contributed by atoms with Gasteiger partial charge in [0.15, 0.2) is 9.84 Å². The van der Waals surface area contributed by atoms with Gasteiger partial charge in [-0.05, 0) is 35.4 Å². The Morgan fingerprint density at radius 3 is 2.95 bits per heavy atom. The van der Waals surface area contributed by atoms with Crippen LogP contribution in [0.3, 0.4) is 0 Å². The highest BCUT2D eigenvalue weighted by Gasteiger charge is 2.38. The molecule has 1 atom stereocenters. The number of rotatable bonds is 2. The van der Waals surface area contributed by atoms with E-state index < -0.39 is 15.2 Å². The van der Waals surface area contributed by atoms with Crippen molar-refractivity contribution < 1.29 is 12.8 Å². The molecule has 1 aromatic heterocycles. The third kappa shape index (κ3) is 1.65. The van der Waals surface area contributed by atoms with Crippen LogP contribution in [0.5, 0.6) is 0 Å². The first-order chi connectivity index (χ1) is 9.66. The van der Waals surface area contributed by atoms with Crippen LogP contribution in [0.2, 0.25) is 0 Å². The largest absolute Gasteiger partial charge is 0.464 e. The van der Waals surface area contributed by atoms with Crippen LogP contribution in [-0.2, 0) is 9.84 Å². The number of fused-ring (bicyclic) bond motifs is 1. The van der Waals surface area contributed by atoms with E-state index in [2.05, 4.69) is 10.6 Å². The van der Waals surface area contributed by atoms with Crippen LogP contribution < -0.4 is 10.6 Å². The second-order valence-corrected chi connectivity index (χ2v) is 7.19. The fourth-order valence-corrected chi connectivity index (χ4v) is 4.68. The molecule has 1 aromatic carbocycles. The summed E-state index contributed by atoms with van der Waals surface area (Å²) in [4.78, 5) is 0.338. The molecule has 0 amide bonds. The quantitative estimate of drug-likeness (QED) is 0.809. The zero-order chi connectivity index (χ0) is 13.7. The summed E-state index contributed by atoms with van der Waals surface area (Å²) < 4.78 is 30.8. The van der Waals surface area contributed by atoms with Crippen LogP contribution in [0, 0.1) is 0 Å². The zero-order valence-corrected chi connectivity index (χ0v) is 11.5. The molecule has 2 aliphatic rings. The lowest BCUT2D eigenvalue weighted by atomic mass is 10.2. The van der Waals surface area contributed by atoms with E-state index in [1.807, 2.05) is 0 Å². The smallest absolute Gasteiger partial charge is 0.198 e. The summed E-state index contributed by atoms with van der Waals surface area (Å²) in [6.07, 6.45) is 1.57. The fraction of sp³-hybridized carbons (Fsp3) is 0.286. The summed E-state index contributed by atoms with van der Waals surface area (Å²) in [5.41, 5.74) is 2.87. The number of nitrogens with one attached hydrogen (secondary N) is 2. The van der Waals surface area contributed by atoms with Crippen molar-refractivity contribution in [3.05, 3.63) is 41.7 Å². The van der Waals surface area contributed by atoms with Gasteiger partial charge in [0.1, 0.15) is 11.0 Å². The van der Waals surface area contributed by atoms with Gasteiger partial charge in [0.05, 0.1) is 11.2 Å². The van der Waals surface area contributed by atoms with E-state index in [4.69, 9.17) is 4.42 Å². The van der Waals surface area contributed by atoms with E-state index in [-0.39, 0.29) is 0 Å². The summed E-state index contributed by atoms with van der Waals surface area (Å²) in [5.74, 6) is 0. The summed E-state index contributed by atoms with van der Waals surface area (Å²) in [6, 6.07) is 6.78. The van der Waals surface area contributed by atoms with Crippen molar-refractivity contribution in [2.24, 2.45) is 0 Å². The molecule has 3 heterocycles. The van der Waals surface area contributed by atoms with E-state index in [0.29, 0.717) is 23.6 Å². The van der Waals surface area contributed by atoms with Gasteiger partial charge in [-0.1, -0.05) is 0 Å². The molecule has 4 rings (SSSR count). The molecule has 0 radical (unpaired) electrons. The normalized spacial score (nSPS) is 22.7. The van der Waals surface area contributed by atoms with Gasteiger partial charge in [-0.15, -0.1) is 0 Å². The summed E-state index contributed by atoms with van der Waals surface area (Å²) in [7, 11) is -3.41. The molecule has 0 aliphatic carbocycles. The van der Waals surface area contributed by atoms with Crippen molar-refractivity contribution in [3.8, 4) is 0 Å². The van der Waals surface area contributed by atoms with Gasteiger partial charge in [-0.3, -0.25) is 5.32 Å². The van der Waals surface area contributed by atoms with Crippen LogP contribution in [-0.4, -0.2) is 33.4 Å². The van der Waals surface area contributed by atoms with Gasteiger partial charge in [0.2, 0.25) is 0 Å². The monoisotopic (exact) mass is 290 g/mol. The summed E-state index contributed by atoms with van der Waals surface area (Å²) in [5, 5.41) is 6.53. The van der Waals surface area contributed by atoms with Crippen molar-refractivity contribution >= 4 is 20.8 Å². The Morgan fingerprint density at radius 1 is 1.15 bits per heavy atom. The van der Waals surface area contributed by atoms with Crippen molar-refractivity contribution in [2.45, 2.75) is 10.3 Å². The zero-order valence-electron chi connectivity index (χ0n) is 10.7. The molecule has 0 bridgehead atoms. The second kappa shape index (κ2) is 4.18. The van der Waals surface area contributed by atoms with E-state index in [1.54, 1.807) is 30.5 Å². The van der Waals surface area contributed by atoms with Crippen LogP contribution in [0.25, 0.3) is 11.0 Å². The number of sulfone groups is 1. The highest BCUT2D eigenvalue weighted by molar-refractivity contribution is 7.92. The van der Waals surface area contributed by atoms with Crippen LogP contribution in [0.1, 0.15) is 0 Å². The molecule has 5 nitrogen and oxygen atoms in total. The topological polar surface area (TPSA) is 71.3 Å². The Balaban J connectivity index is 1.80. The van der Waals surface area contributed by atoms with Crippen molar-refractivity contribution in [1.82, 2.24) is 10.6 Å². The molecule has 0 fully saturated rings. The van der Waals surface area contributed by atoms with E-state index in [0.717, 1.165) is 17.5 Å². The molecule has 0 saturated heterocycles. The standard InChI is InChI=1S/C14H14N2O3S/c17-20(18,14-12-8-15-6-10(12)7-16-14)11-1-2-13-9(5-11)3-4-19-13/h1-5,14-16H,6-8H2. The first-order valence-electron chi connectivity index (χ1n) is 6.52. The molecular weight excluding hydrogens is 276 g/mol. The van der Waals surface area contributed by atoms with Crippen LogP contribution in [0.15, 0.2) is 51.0 Å². The maximum Gasteiger partial charge on any atom is 0.198 e. The van der Waals surface area contributed by atoms with Crippen LogP contribution in [0.4, 0.5) is 0 Å². The molecular formula is C14H14N2O3S. The SMILES string of the molecule is O=S(=O)(c1ccc2occc2c1)C1NCC2=C1CNC2. The van der Waals surface area contributed by atoms with Gasteiger partial charge in [0.25, 0.3) is 0 Å². The summed E-state index contributed by atoms with van der Waals surface area (Å²) in [6.45, 7) is 2.09. The Morgan fingerprint density at radius 2 is 2.05 bits per heavy atom. The Kier molecular flexibility index (Phi) is 2.54. The average Bonchev–Trinajstić information content (AvgIpc) is 3.13. The Bertz CT molecular complexity index is 820. The molecule has 0 spiro atoms. The van der Waals surface area contributed by atoms with Gasteiger partial charge >= 0.3 is 0 Å². The minimum atomic E-state index is -3.41. The van der Waals surface area contributed by atoms with Crippen molar-refractivity contribution in [1.29, 1.82) is 0 Å². The lowest BCUT2D eigenvalue weighted by Crippen LogP contribution is -2.37. The first kappa shape index (κ1) is 12.1. The first-order valence-corrected chi connectivity index (χ1v) is 8.07. The predicted octanol–water partition coefficient (Wildman–Crippen LogP) is 1.04. The van der Waals surface area contributed by atoms with Gasteiger partial charge in [0, 0.05) is 25.0 Å². The number of benzene rings is 1. The Hall–Kier alpha value is -1.63. The summed E-state index contributed by atoms with van der Waals surface area (Å²) >= 11 is 0.